The number of rotatable bonds is 18. The van der Waals surface area contributed by atoms with E-state index in [-0.39, 0.29) is 42.8 Å². The first-order chi connectivity index (χ1) is 21.7. The average molecular weight is 689 g/mol. The Kier molecular flexibility index (Phi) is 12.4. The number of amides is 3. The summed E-state index contributed by atoms with van der Waals surface area (Å²) in [5, 5.41) is 12.5. The summed E-state index contributed by atoms with van der Waals surface area (Å²) in [6, 6.07) is 7.68. The van der Waals surface area contributed by atoms with Crippen molar-refractivity contribution in [1.82, 2.24) is 15.1 Å². The van der Waals surface area contributed by atoms with Crippen LogP contribution in [0.15, 0.2) is 55.6 Å². The van der Waals surface area contributed by atoms with Crippen molar-refractivity contribution in [3.05, 3.63) is 61.2 Å². The van der Waals surface area contributed by atoms with Gasteiger partial charge in [0.2, 0.25) is 17.7 Å². The van der Waals surface area contributed by atoms with Crippen molar-refractivity contribution in [3.63, 3.8) is 0 Å². The molecule has 11 heteroatoms. The minimum atomic E-state index is -1.18. The molecule has 45 heavy (non-hydrogen) atoms. The van der Waals surface area contributed by atoms with E-state index in [1.165, 1.54) is 0 Å². The first-order valence-electron chi connectivity index (χ1n) is 16.0. The third-order valence-electron chi connectivity index (χ3n) is 9.06. The van der Waals surface area contributed by atoms with Crippen LogP contribution < -0.4 is 5.32 Å². The van der Waals surface area contributed by atoms with Gasteiger partial charge >= 0.3 is 5.97 Å². The van der Waals surface area contributed by atoms with Gasteiger partial charge in [0.05, 0.1) is 24.0 Å². The van der Waals surface area contributed by atoms with E-state index in [0.717, 1.165) is 18.4 Å². The molecule has 1 aromatic rings. The van der Waals surface area contributed by atoms with Crippen molar-refractivity contribution in [2.24, 2.45) is 11.8 Å². The number of nitrogens with zero attached hydrogens (tertiary/aromatic N) is 2. The number of halogens is 1. The predicted octanol–water partition coefficient (Wildman–Crippen LogP) is 3.69. The van der Waals surface area contributed by atoms with Crippen LogP contribution in [-0.4, -0.2) is 94.0 Å². The lowest BCUT2D eigenvalue weighted by Gasteiger charge is -2.37. The zero-order chi connectivity index (χ0) is 32.6. The second-order valence-corrected chi connectivity index (χ2v) is 13.2. The SMILES string of the molecule is C=CCCC(=O)OC[C@@H](NC(=O)[C@H]1[C@@H]2O[C@@]3(CC2Br)[C@@H]1C(=O)N(CCCCO)[C@@H]3C(=O)N(CC=C)CCCC)c1ccccc1. The highest BCUT2D eigenvalue weighted by molar-refractivity contribution is 9.09. The summed E-state index contributed by atoms with van der Waals surface area (Å²) in [6.07, 6.45) is 6.47. The van der Waals surface area contributed by atoms with Crippen molar-refractivity contribution >= 4 is 39.6 Å². The Hall–Kier alpha value is -3.02. The molecule has 246 valence electrons. The number of fused-ring (bicyclic) bond motifs is 1. The molecule has 3 aliphatic heterocycles. The van der Waals surface area contributed by atoms with Gasteiger partial charge in [-0.15, -0.1) is 13.2 Å². The number of unbranched alkanes of at least 4 members (excludes halogenated alkanes) is 2. The molecule has 2 N–H and O–H groups in total. The summed E-state index contributed by atoms with van der Waals surface area (Å²) < 4.78 is 12.2. The van der Waals surface area contributed by atoms with Crippen LogP contribution in [0.25, 0.3) is 0 Å². The maximum Gasteiger partial charge on any atom is 0.306 e. The summed E-state index contributed by atoms with van der Waals surface area (Å²) in [5.74, 6) is -3.00. The zero-order valence-electron chi connectivity index (χ0n) is 26.1. The molecule has 0 saturated carbocycles. The Morgan fingerprint density at radius 1 is 1.22 bits per heavy atom. The molecule has 3 heterocycles. The number of aliphatic hydroxyl groups excluding tert-OH is 1. The van der Waals surface area contributed by atoms with Crippen LogP contribution in [0.2, 0.25) is 0 Å². The Morgan fingerprint density at radius 3 is 2.64 bits per heavy atom. The maximum absolute atomic E-state index is 14.3. The highest BCUT2D eigenvalue weighted by atomic mass is 79.9. The van der Waals surface area contributed by atoms with Gasteiger partial charge in [-0.3, -0.25) is 19.2 Å². The normalized spacial score (nSPS) is 27.1. The number of aliphatic hydroxyl groups is 1. The molecule has 3 amide bonds. The predicted molar refractivity (Wildman–Crippen MR) is 173 cm³/mol. The van der Waals surface area contributed by atoms with Crippen LogP contribution in [0.1, 0.15) is 63.5 Å². The number of likely N-dealkylation sites (tertiary alicyclic amines) is 1. The number of alkyl halides is 1. The van der Waals surface area contributed by atoms with Crippen molar-refractivity contribution in [3.8, 4) is 0 Å². The van der Waals surface area contributed by atoms with Crippen molar-refractivity contribution in [2.45, 2.75) is 80.5 Å². The van der Waals surface area contributed by atoms with Gasteiger partial charge in [-0.05, 0) is 37.7 Å². The minimum Gasteiger partial charge on any atom is -0.463 e. The van der Waals surface area contributed by atoms with Crippen LogP contribution in [0.5, 0.6) is 0 Å². The fourth-order valence-electron chi connectivity index (χ4n) is 6.96. The summed E-state index contributed by atoms with van der Waals surface area (Å²) in [5.41, 5.74) is -0.428. The van der Waals surface area contributed by atoms with Crippen LogP contribution in [0.4, 0.5) is 0 Å². The van der Waals surface area contributed by atoms with Gasteiger partial charge in [-0.1, -0.05) is 71.8 Å². The molecule has 1 spiro atoms. The molecule has 1 unspecified atom stereocenters. The number of allylic oxidation sites excluding steroid dienone is 1. The molecule has 0 radical (unpaired) electrons. The van der Waals surface area contributed by atoms with Gasteiger partial charge in [0, 0.05) is 37.5 Å². The van der Waals surface area contributed by atoms with Gasteiger partial charge < -0.3 is 29.7 Å². The number of benzene rings is 1. The number of ether oxygens (including phenoxy) is 2. The van der Waals surface area contributed by atoms with Gasteiger partial charge in [-0.25, -0.2) is 0 Å². The largest absolute Gasteiger partial charge is 0.463 e. The van der Waals surface area contributed by atoms with E-state index < -0.39 is 47.5 Å². The lowest BCUT2D eigenvalue weighted by Crippen LogP contribution is -2.57. The Labute approximate surface area is 274 Å². The second-order valence-electron chi connectivity index (χ2n) is 12.0. The fraction of sp³-hybridized carbons (Fsp3) is 0.588. The molecule has 2 bridgehead atoms. The van der Waals surface area contributed by atoms with E-state index in [1.54, 1.807) is 22.0 Å². The molecular formula is C34H46BrN3O7. The van der Waals surface area contributed by atoms with E-state index >= 15 is 0 Å². The first kappa shape index (κ1) is 34.8. The number of carbonyl (C=O) groups excluding carboxylic acids is 4. The van der Waals surface area contributed by atoms with Gasteiger partial charge in [0.15, 0.2) is 0 Å². The van der Waals surface area contributed by atoms with Gasteiger partial charge in [0.25, 0.3) is 0 Å². The molecule has 7 atom stereocenters. The molecule has 10 nitrogen and oxygen atoms in total. The van der Waals surface area contributed by atoms with Crippen LogP contribution >= 0.6 is 15.9 Å². The molecular weight excluding hydrogens is 642 g/mol. The lowest BCUT2D eigenvalue weighted by atomic mass is 9.70. The van der Waals surface area contributed by atoms with Crippen molar-refractivity contribution in [2.75, 3.05) is 32.8 Å². The number of hydrogen-bond acceptors (Lipinski definition) is 7. The standard InChI is InChI=1S/C34H46BrN3O7/c1-4-7-16-26(40)44-22-25(23-14-10-9-11-15-23)36-31(41)27-28-32(42)38(19-12-13-20-39)30(34(28)21-24(35)29(27)45-34)33(43)37(17-6-3)18-8-5-2/h4,6,9-11,14-15,24-25,27-30,39H,1,3,5,7-8,12-13,16-22H2,2H3,(H,36,41)/t24?,25-,27-,28+,29-,30-,34+/m1/s1. The van der Waals surface area contributed by atoms with E-state index in [1.807, 2.05) is 30.3 Å². The van der Waals surface area contributed by atoms with Gasteiger partial charge in [-0.2, -0.15) is 0 Å². The third-order valence-corrected chi connectivity index (χ3v) is 9.90. The van der Waals surface area contributed by atoms with Crippen molar-refractivity contribution in [1.29, 1.82) is 0 Å². The smallest absolute Gasteiger partial charge is 0.306 e. The molecule has 3 aliphatic rings. The molecule has 0 aliphatic carbocycles. The number of hydrogen-bond donors (Lipinski definition) is 2. The van der Waals surface area contributed by atoms with E-state index in [0.29, 0.717) is 38.8 Å². The quantitative estimate of drug-likeness (QED) is 0.104. The fourth-order valence-corrected chi connectivity index (χ4v) is 7.90. The molecule has 3 fully saturated rings. The van der Waals surface area contributed by atoms with Crippen LogP contribution in [0.3, 0.4) is 0 Å². The third kappa shape index (κ3) is 7.36. The number of carbonyl (C=O) groups is 4. The van der Waals surface area contributed by atoms with Gasteiger partial charge in [0.1, 0.15) is 18.2 Å². The summed E-state index contributed by atoms with van der Waals surface area (Å²) in [4.78, 5) is 58.2. The summed E-state index contributed by atoms with van der Waals surface area (Å²) >= 11 is 3.72. The maximum atomic E-state index is 14.3. The Bertz CT molecular complexity index is 1230. The second kappa shape index (κ2) is 16.0. The van der Waals surface area contributed by atoms with E-state index in [2.05, 4.69) is 41.3 Å². The van der Waals surface area contributed by atoms with Crippen LogP contribution in [-0.2, 0) is 28.7 Å². The lowest BCUT2D eigenvalue weighted by molar-refractivity contribution is -0.148. The van der Waals surface area contributed by atoms with E-state index in [9.17, 15) is 24.3 Å². The Balaban J connectivity index is 1.64. The first-order valence-corrected chi connectivity index (χ1v) is 16.9. The zero-order valence-corrected chi connectivity index (χ0v) is 27.7. The average Bonchev–Trinajstić information content (AvgIpc) is 3.63. The summed E-state index contributed by atoms with van der Waals surface area (Å²) in [7, 11) is 0. The number of esters is 1. The molecule has 4 rings (SSSR count). The molecule has 1 aromatic carbocycles. The monoisotopic (exact) mass is 687 g/mol. The topological polar surface area (TPSA) is 125 Å². The highest BCUT2D eigenvalue weighted by Crippen LogP contribution is 2.60. The number of nitrogens with one attached hydrogen (secondary N) is 1. The minimum absolute atomic E-state index is 0.0274. The van der Waals surface area contributed by atoms with E-state index in [4.69, 9.17) is 9.47 Å². The summed E-state index contributed by atoms with van der Waals surface area (Å²) in [6.45, 7) is 10.6. The van der Waals surface area contributed by atoms with Crippen molar-refractivity contribution < 1.29 is 33.8 Å². The highest BCUT2D eigenvalue weighted by Gasteiger charge is 2.76. The Morgan fingerprint density at radius 2 is 1.98 bits per heavy atom. The molecule has 0 aromatic heterocycles. The van der Waals surface area contributed by atoms with Crippen LogP contribution in [0, 0.1) is 11.8 Å². The molecule has 3 saturated heterocycles.